The van der Waals surface area contributed by atoms with Crippen molar-refractivity contribution in [2.45, 2.75) is 26.5 Å². The molecule has 1 amide bonds. The van der Waals surface area contributed by atoms with Crippen molar-refractivity contribution in [1.82, 2.24) is 4.31 Å². The minimum Gasteiger partial charge on any atom is -0.459 e. The molecule has 0 bridgehead atoms. The highest BCUT2D eigenvalue weighted by Gasteiger charge is 2.34. The van der Waals surface area contributed by atoms with E-state index in [1.165, 1.54) is 4.31 Å². The molecule has 2 aromatic carbocycles. The lowest BCUT2D eigenvalue weighted by Gasteiger charge is -2.33. The molecule has 3 rings (SSSR count). The number of carbonyl (C=O) groups is 2. The van der Waals surface area contributed by atoms with Crippen molar-refractivity contribution in [1.29, 1.82) is 0 Å². The van der Waals surface area contributed by atoms with Gasteiger partial charge in [-0.3, -0.25) is 9.10 Å². The fourth-order valence-electron chi connectivity index (χ4n) is 2.71. The summed E-state index contributed by atoms with van der Waals surface area (Å²) in [6.07, 6.45) is -0.191. The molecule has 1 heterocycles. The molecular formula is C19H19IN2O4S. The molecule has 0 radical (unpaired) electrons. The summed E-state index contributed by atoms with van der Waals surface area (Å²) in [4.78, 5) is 24.8. The third-order valence-electron chi connectivity index (χ3n) is 4.04. The molecule has 0 spiro atoms. The fourth-order valence-corrected chi connectivity index (χ4v) is 4.33. The zero-order valence-corrected chi connectivity index (χ0v) is 18.1. The summed E-state index contributed by atoms with van der Waals surface area (Å²) in [5.74, 6) is -0.666. The third-order valence-corrected chi connectivity index (χ3v) is 6.04. The normalized spacial score (nSPS) is 16.5. The molecule has 0 N–H and O–H groups in total. The second kappa shape index (κ2) is 7.97. The zero-order valence-electron chi connectivity index (χ0n) is 15.1. The molecular weight excluding hydrogens is 479 g/mol. The van der Waals surface area contributed by atoms with Gasteiger partial charge in [-0.1, -0.05) is 12.1 Å². The first-order valence-corrected chi connectivity index (χ1v) is 10.5. The number of hydrogen-bond donors (Lipinski definition) is 0. The summed E-state index contributed by atoms with van der Waals surface area (Å²) in [7, 11) is 1.70. The molecule has 1 atom stereocenters. The molecule has 142 valence electrons. The first kappa shape index (κ1) is 19.8. The van der Waals surface area contributed by atoms with Crippen LogP contribution in [0.15, 0.2) is 42.5 Å². The van der Waals surface area contributed by atoms with Gasteiger partial charge in [0.15, 0.2) is 0 Å². The van der Waals surface area contributed by atoms with Crippen LogP contribution in [0.5, 0.6) is 0 Å². The Kier molecular flexibility index (Phi) is 5.85. The maximum Gasteiger partial charge on any atom is 0.338 e. The average Bonchev–Trinajstić information content (AvgIpc) is 2.63. The standard InChI is InChI=1S/C19H19IN2O4S/c1-12(2)26-19(24)14-6-4-13(5-7-14)11-22-18(23)16-10-15(20)8-9-17(16)21(3)27(22)25/h4-10,12H,11H2,1-3H3. The number of benzene rings is 2. The number of carbonyl (C=O) groups excluding carboxylic acids is 2. The Morgan fingerprint density at radius 2 is 1.85 bits per heavy atom. The second-order valence-electron chi connectivity index (χ2n) is 6.38. The van der Waals surface area contributed by atoms with Crippen molar-refractivity contribution in [3.8, 4) is 0 Å². The van der Waals surface area contributed by atoms with Crippen LogP contribution in [0, 0.1) is 3.57 Å². The highest BCUT2D eigenvalue weighted by Crippen LogP contribution is 2.31. The van der Waals surface area contributed by atoms with Gasteiger partial charge in [0.1, 0.15) is 0 Å². The van der Waals surface area contributed by atoms with Gasteiger partial charge in [-0.2, -0.15) is 0 Å². The van der Waals surface area contributed by atoms with E-state index in [9.17, 15) is 13.8 Å². The van der Waals surface area contributed by atoms with Gasteiger partial charge in [0.05, 0.1) is 29.5 Å². The maximum absolute atomic E-state index is 12.9. The van der Waals surface area contributed by atoms with Crippen LogP contribution >= 0.6 is 22.6 Å². The van der Waals surface area contributed by atoms with E-state index in [0.29, 0.717) is 16.8 Å². The number of anilines is 1. The fraction of sp³-hybridized carbons (Fsp3) is 0.263. The highest BCUT2D eigenvalue weighted by molar-refractivity contribution is 14.1. The molecule has 1 aliphatic rings. The Bertz CT molecular complexity index is 914. The highest BCUT2D eigenvalue weighted by atomic mass is 127. The number of nitrogens with zero attached hydrogens (tertiary/aromatic N) is 2. The number of halogens is 1. The Morgan fingerprint density at radius 3 is 2.48 bits per heavy atom. The van der Waals surface area contributed by atoms with Crippen molar-refractivity contribution in [2.75, 3.05) is 11.4 Å². The summed E-state index contributed by atoms with van der Waals surface area (Å²) in [6, 6.07) is 12.3. The lowest BCUT2D eigenvalue weighted by atomic mass is 10.1. The molecule has 2 aromatic rings. The molecule has 0 aliphatic carbocycles. The van der Waals surface area contributed by atoms with E-state index in [2.05, 4.69) is 22.6 Å². The summed E-state index contributed by atoms with van der Waals surface area (Å²) in [6.45, 7) is 3.76. The zero-order chi connectivity index (χ0) is 19.7. The van der Waals surface area contributed by atoms with Crippen molar-refractivity contribution in [3.63, 3.8) is 0 Å². The SMILES string of the molecule is CC(C)OC(=O)c1ccc(CN2C(=O)c3cc(I)ccc3N(C)S2=O)cc1. The lowest BCUT2D eigenvalue weighted by molar-refractivity contribution is 0.0377. The summed E-state index contributed by atoms with van der Waals surface area (Å²) >= 11 is 0.528. The Balaban J connectivity index is 1.82. The Labute approximate surface area is 174 Å². The van der Waals surface area contributed by atoms with Crippen LogP contribution in [0.4, 0.5) is 5.69 Å². The van der Waals surface area contributed by atoms with Gasteiger partial charge in [-0.25, -0.2) is 13.3 Å². The minimum absolute atomic E-state index is 0.181. The van der Waals surface area contributed by atoms with E-state index >= 15 is 0 Å². The minimum atomic E-state index is -1.62. The van der Waals surface area contributed by atoms with E-state index in [1.807, 2.05) is 6.07 Å². The predicted molar refractivity (Wildman–Crippen MR) is 113 cm³/mol. The van der Waals surface area contributed by atoms with E-state index in [-0.39, 0.29) is 18.6 Å². The van der Waals surface area contributed by atoms with E-state index in [0.717, 1.165) is 9.13 Å². The topological polar surface area (TPSA) is 66.9 Å². The number of esters is 1. The molecule has 0 aromatic heterocycles. The van der Waals surface area contributed by atoms with Crippen LogP contribution in [-0.2, 0) is 22.5 Å². The van der Waals surface area contributed by atoms with Gasteiger partial charge in [-0.05, 0) is 72.3 Å². The van der Waals surface area contributed by atoms with E-state index in [4.69, 9.17) is 4.74 Å². The number of fused-ring (bicyclic) bond motifs is 1. The molecule has 0 saturated carbocycles. The lowest BCUT2D eigenvalue weighted by Crippen LogP contribution is -2.45. The van der Waals surface area contributed by atoms with Crippen LogP contribution < -0.4 is 4.31 Å². The van der Waals surface area contributed by atoms with E-state index < -0.39 is 17.1 Å². The number of amides is 1. The van der Waals surface area contributed by atoms with Gasteiger partial charge in [0.2, 0.25) is 11.2 Å². The summed E-state index contributed by atoms with van der Waals surface area (Å²) < 4.78 is 21.8. The molecule has 1 aliphatic heterocycles. The van der Waals surface area contributed by atoms with Crippen molar-refractivity contribution >= 4 is 51.3 Å². The van der Waals surface area contributed by atoms with Gasteiger partial charge in [0, 0.05) is 10.6 Å². The molecule has 6 nitrogen and oxygen atoms in total. The summed E-state index contributed by atoms with van der Waals surface area (Å²) in [5.41, 5.74) is 2.40. The van der Waals surface area contributed by atoms with Crippen LogP contribution in [0.2, 0.25) is 0 Å². The van der Waals surface area contributed by atoms with Gasteiger partial charge >= 0.3 is 5.97 Å². The number of hydrogen-bond acceptors (Lipinski definition) is 4. The number of ether oxygens (including phenoxy) is 1. The van der Waals surface area contributed by atoms with Gasteiger partial charge in [-0.15, -0.1) is 0 Å². The first-order chi connectivity index (χ1) is 12.8. The number of rotatable bonds is 4. The van der Waals surface area contributed by atoms with Crippen molar-refractivity contribution in [2.24, 2.45) is 0 Å². The molecule has 0 saturated heterocycles. The molecule has 0 fully saturated rings. The van der Waals surface area contributed by atoms with Crippen LogP contribution in [0.3, 0.4) is 0 Å². The third kappa shape index (κ3) is 4.16. The van der Waals surface area contributed by atoms with Crippen LogP contribution in [0.25, 0.3) is 0 Å². The van der Waals surface area contributed by atoms with Crippen LogP contribution in [-0.4, -0.2) is 33.5 Å². The van der Waals surface area contributed by atoms with Crippen LogP contribution in [0.1, 0.15) is 40.1 Å². The quantitative estimate of drug-likeness (QED) is 0.478. The molecule has 8 heteroatoms. The predicted octanol–water partition coefficient (Wildman–Crippen LogP) is 3.53. The average molecular weight is 498 g/mol. The van der Waals surface area contributed by atoms with Gasteiger partial charge < -0.3 is 4.74 Å². The first-order valence-electron chi connectivity index (χ1n) is 8.35. The second-order valence-corrected chi connectivity index (χ2v) is 9.08. The maximum atomic E-state index is 12.9. The van der Waals surface area contributed by atoms with E-state index in [1.54, 1.807) is 61.6 Å². The Hall–Kier alpha value is -1.94. The monoisotopic (exact) mass is 498 g/mol. The smallest absolute Gasteiger partial charge is 0.338 e. The van der Waals surface area contributed by atoms with Gasteiger partial charge in [0.25, 0.3) is 5.91 Å². The summed E-state index contributed by atoms with van der Waals surface area (Å²) in [5, 5.41) is 0. The molecule has 1 unspecified atom stereocenters. The van der Waals surface area contributed by atoms with Crippen molar-refractivity contribution < 1.29 is 18.5 Å². The van der Waals surface area contributed by atoms with Crippen molar-refractivity contribution in [3.05, 3.63) is 62.7 Å². The largest absolute Gasteiger partial charge is 0.459 e. The molecule has 27 heavy (non-hydrogen) atoms. The Morgan fingerprint density at radius 1 is 1.19 bits per heavy atom.